The van der Waals surface area contributed by atoms with Crippen molar-refractivity contribution in [2.45, 2.75) is 32.0 Å². The number of halogens is 2. The van der Waals surface area contributed by atoms with Crippen LogP contribution < -0.4 is 10.1 Å². The van der Waals surface area contributed by atoms with Crippen LogP contribution in [0.3, 0.4) is 0 Å². The van der Waals surface area contributed by atoms with Crippen molar-refractivity contribution in [1.29, 1.82) is 0 Å². The van der Waals surface area contributed by atoms with Crippen molar-refractivity contribution >= 4 is 23.4 Å². The largest absolute Gasteiger partial charge is 0.480 e. The van der Waals surface area contributed by atoms with Gasteiger partial charge in [-0.2, -0.15) is 0 Å². The molecule has 1 unspecified atom stereocenters. The molecule has 0 spiro atoms. The van der Waals surface area contributed by atoms with E-state index in [1.54, 1.807) is 18.5 Å². The second-order valence-corrected chi connectivity index (χ2v) is 7.81. The number of benzene rings is 2. The summed E-state index contributed by atoms with van der Waals surface area (Å²) in [6.45, 7) is 5.69. The van der Waals surface area contributed by atoms with Gasteiger partial charge in [-0.05, 0) is 56.2 Å². The average molecular weight is 432 g/mol. The number of amides is 1. The van der Waals surface area contributed by atoms with E-state index in [-0.39, 0.29) is 17.4 Å². The Morgan fingerprint density at radius 2 is 1.93 bits per heavy atom. The van der Waals surface area contributed by atoms with E-state index in [9.17, 15) is 13.6 Å². The number of nitrogens with zero attached hydrogens (tertiary/aromatic N) is 3. The third kappa shape index (κ3) is 5.15. The fourth-order valence-corrected chi connectivity index (χ4v) is 3.48. The van der Waals surface area contributed by atoms with Crippen LogP contribution in [0.15, 0.2) is 41.6 Å². The number of anilines is 1. The molecule has 0 saturated heterocycles. The Hall–Kier alpha value is -2.94. The Labute approximate surface area is 177 Å². The van der Waals surface area contributed by atoms with Crippen molar-refractivity contribution in [3.8, 4) is 5.75 Å². The molecule has 1 atom stereocenters. The van der Waals surface area contributed by atoms with Gasteiger partial charge in [0.2, 0.25) is 5.91 Å². The molecule has 0 fully saturated rings. The predicted octanol–water partition coefficient (Wildman–Crippen LogP) is 4.58. The number of aryl methyl sites for hydroxylation is 2. The lowest BCUT2D eigenvalue weighted by Gasteiger charge is -2.14. The molecule has 1 amide bonds. The first-order valence-electron chi connectivity index (χ1n) is 9.25. The molecule has 3 rings (SSSR count). The van der Waals surface area contributed by atoms with Crippen LogP contribution in [-0.4, -0.2) is 26.4 Å². The Morgan fingerprint density at radius 1 is 1.17 bits per heavy atom. The maximum absolute atomic E-state index is 13.8. The fraction of sp³-hybridized carbons (Fsp3) is 0.286. The molecule has 0 aliphatic heterocycles. The summed E-state index contributed by atoms with van der Waals surface area (Å²) in [7, 11) is 1.74. The number of ether oxygens (including phenoxy) is 1. The van der Waals surface area contributed by atoms with E-state index in [1.807, 2.05) is 32.0 Å². The lowest BCUT2D eigenvalue weighted by Crippen LogP contribution is -2.15. The Balaban J connectivity index is 1.60. The topological polar surface area (TPSA) is 69.0 Å². The third-order valence-electron chi connectivity index (χ3n) is 4.55. The Morgan fingerprint density at radius 3 is 2.63 bits per heavy atom. The lowest BCUT2D eigenvalue weighted by molar-refractivity contribution is -0.113. The van der Waals surface area contributed by atoms with Gasteiger partial charge in [0.25, 0.3) is 0 Å². The highest BCUT2D eigenvalue weighted by atomic mass is 32.2. The summed E-state index contributed by atoms with van der Waals surface area (Å²) in [6, 6.07) is 8.85. The molecule has 3 aromatic rings. The smallest absolute Gasteiger partial charge is 0.234 e. The maximum atomic E-state index is 13.8. The van der Waals surface area contributed by atoms with E-state index in [4.69, 9.17) is 4.74 Å². The first kappa shape index (κ1) is 21.8. The molecule has 1 heterocycles. The Bertz CT molecular complexity index is 1070. The summed E-state index contributed by atoms with van der Waals surface area (Å²) in [5.74, 6) is -1.10. The SMILES string of the molecule is Cc1ccc(NC(=O)CSc2nnc(C(C)Oc3ccc(F)cc3F)n2C)cc1C. The number of hydrogen-bond acceptors (Lipinski definition) is 5. The van der Waals surface area contributed by atoms with Gasteiger partial charge in [-0.1, -0.05) is 17.8 Å². The van der Waals surface area contributed by atoms with Gasteiger partial charge in [-0.3, -0.25) is 4.79 Å². The second kappa shape index (κ2) is 9.25. The van der Waals surface area contributed by atoms with E-state index < -0.39 is 17.7 Å². The number of hydrogen-bond donors (Lipinski definition) is 1. The fourth-order valence-electron chi connectivity index (χ4n) is 2.77. The number of carbonyl (C=O) groups excluding carboxylic acids is 1. The summed E-state index contributed by atoms with van der Waals surface area (Å²) >= 11 is 1.23. The van der Waals surface area contributed by atoms with Gasteiger partial charge in [0.1, 0.15) is 5.82 Å². The molecular weight excluding hydrogens is 410 g/mol. The quantitative estimate of drug-likeness (QED) is 0.554. The van der Waals surface area contributed by atoms with Gasteiger partial charge >= 0.3 is 0 Å². The number of rotatable bonds is 7. The van der Waals surface area contributed by atoms with Crippen LogP contribution in [0.4, 0.5) is 14.5 Å². The van der Waals surface area contributed by atoms with Crippen LogP contribution in [0.25, 0.3) is 0 Å². The van der Waals surface area contributed by atoms with Gasteiger partial charge in [-0.25, -0.2) is 8.78 Å². The summed E-state index contributed by atoms with van der Waals surface area (Å²) in [4.78, 5) is 12.3. The van der Waals surface area contributed by atoms with Crippen LogP contribution in [0.1, 0.15) is 30.0 Å². The molecule has 1 N–H and O–H groups in total. The van der Waals surface area contributed by atoms with Gasteiger partial charge in [0, 0.05) is 18.8 Å². The Kier molecular flexibility index (Phi) is 6.71. The molecule has 9 heteroatoms. The normalized spacial score (nSPS) is 11.9. The lowest BCUT2D eigenvalue weighted by atomic mass is 10.1. The summed E-state index contributed by atoms with van der Waals surface area (Å²) in [5.41, 5.74) is 3.00. The van der Waals surface area contributed by atoms with Crippen molar-refractivity contribution in [3.05, 3.63) is 65.0 Å². The number of aromatic nitrogens is 3. The molecule has 30 heavy (non-hydrogen) atoms. The average Bonchev–Trinajstić information content (AvgIpc) is 3.06. The monoisotopic (exact) mass is 432 g/mol. The molecule has 0 saturated carbocycles. The minimum absolute atomic E-state index is 0.0751. The van der Waals surface area contributed by atoms with Crippen molar-refractivity contribution in [1.82, 2.24) is 14.8 Å². The van der Waals surface area contributed by atoms with Crippen LogP contribution in [0, 0.1) is 25.5 Å². The molecule has 0 aliphatic carbocycles. The molecule has 1 aromatic heterocycles. The highest BCUT2D eigenvalue weighted by Gasteiger charge is 2.19. The standard InChI is InChI=1S/C21H22F2N4O2S/c1-12-5-7-16(9-13(12)2)24-19(28)11-30-21-26-25-20(27(21)4)14(3)29-18-8-6-15(22)10-17(18)23/h5-10,14H,11H2,1-4H3,(H,24,28). The molecule has 0 bridgehead atoms. The number of nitrogens with one attached hydrogen (secondary N) is 1. The minimum atomic E-state index is -0.790. The van der Waals surface area contributed by atoms with E-state index in [1.165, 1.54) is 17.8 Å². The molecule has 6 nitrogen and oxygen atoms in total. The third-order valence-corrected chi connectivity index (χ3v) is 5.57. The first-order chi connectivity index (χ1) is 14.2. The minimum Gasteiger partial charge on any atom is -0.480 e. The van der Waals surface area contributed by atoms with Gasteiger partial charge < -0.3 is 14.6 Å². The van der Waals surface area contributed by atoms with E-state index in [0.717, 1.165) is 28.9 Å². The van der Waals surface area contributed by atoms with Crippen molar-refractivity contribution in [3.63, 3.8) is 0 Å². The summed E-state index contributed by atoms with van der Waals surface area (Å²) < 4.78 is 34.1. The molecule has 0 aliphatic rings. The van der Waals surface area contributed by atoms with Gasteiger partial charge in [-0.15, -0.1) is 10.2 Å². The number of carbonyl (C=O) groups is 1. The first-order valence-corrected chi connectivity index (χ1v) is 10.2. The van der Waals surface area contributed by atoms with Crippen molar-refractivity contribution in [2.75, 3.05) is 11.1 Å². The summed E-state index contributed by atoms with van der Waals surface area (Å²) in [5, 5.41) is 11.5. The van der Waals surface area contributed by atoms with Crippen LogP contribution in [-0.2, 0) is 11.8 Å². The predicted molar refractivity (Wildman–Crippen MR) is 112 cm³/mol. The zero-order valence-electron chi connectivity index (χ0n) is 17.1. The van der Waals surface area contributed by atoms with Crippen molar-refractivity contribution < 1.29 is 18.3 Å². The van der Waals surface area contributed by atoms with Gasteiger partial charge in [0.15, 0.2) is 28.7 Å². The highest BCUT2D eigenvalue weighted by Crippen LogP contribution is 2.26. The second-order valence-electron chi connectivity index (χ2n) is 6.87. The molecular formula is C21H22F2N4O2S. The van der Waals surface area contributed by atoms with Gasteiger partial charge in [0.05, 0.1) is 5.75 Å². The van der Waals surface area contributed by atoms with Crippen molar-refractivity contribution in [2.24, 2.45) is 7.05 Å². The zero-order valence-corrected chi connectivity index (χ0v) is 17.9. The zero-order chi connectivity index (χ0) is 21.8. The highest BCUT2D eigenvalue weighted by molar-refractivity contribution is 7.99. The van der Waals surface area contributed by atoms with Crippen LogP contribution in [0.5, 0.6) is 5.75 Å². The maximum Gasteiger partial charge on any atom is 0.234 e. The molecule has 2 aromatic carbocycles. The van der Waals surface area contributed by atoms with Crippen LogP contribution in [0.2, 0.25) is 0 Å². The van der Waals surface area contributed by atoms with E-state index in [2.05, 4.69) is 15.5 Å². The molecule has 0 radical (unpaired) electrons. The molecule has 158 valence electrons. The number of thioether (sulfide) groups is 1. The van der Waals surface area contributed by atoms with E-state index >= 15 is 0 Å². The van der Waals surface area contributed by atoms with E-state index in [0.29, 0.717) is 11.0 Å². The van der Waals surface area contributed by atoms with Crippen LogP contribution >= 0.6 is 11.8 Å². The summed E-state index contributed by atoms with van der Waals surface area (Å²) in [6.07, 6.45) is -0.624.